The van der Waals surface area contributed by atoms with Gasteiger partial charge in [0.05, 0.1) is 11.4 Å². The van der Waals surface area contributed by atoms with Crippen molar-refractivity contribution >= 4 is 34.9 Å². The number of allylic oxidation sites excluding steroid dienone is 3. The highest BCUT2D eigenvalue weighted by Gasteiger charge is 2.27. The van der Waals surface area contributed by atoms with Crippen molar-refractivity contribution in [3.8, 4) is 0 Å². The van der Waals surface area contributed by atoms with E-state index >= 15 is 0 Å². The summed E-state index contributed by atoms with van der Waals surface area (Å²) in [6.07, 6.45) is 2.86. The predicted molar refractivity (Wildman–Crippen MR) is 127 cm³/mol. The Labute approximate surface area is 200 Å². The second-order valence-corrected chi connectivity index (χ2v) is 7.90. The first kappa shape index (κ1) is 24.9. The minimum Gasteiger partial charge on any atom is -0.322 e. The van der Waals surface area contributed by atoms with Crippen LogP contribution in [0.1, 0.15) is 18.0 Å². The highest BCUT2D eigenvalue weighted by Crippen LogP contribution is 2.21. The van der Waals surface area contributed by atoms with E-state index in [1.54, 1.807) is 43.4 Å². The molecule has 0 aliphatic heterocycles. The maximum atomic E-state index is 14.6. The van der Waals surface area contributed by atoms with Crippen molar-refractivity contribution in [2.45, 2.75) is 12.5 Å². The quantitative estimate of drug-likeness (QED) is 0.442. The van der Waals surface area contributed by atoms with Crippen LogP contribution in [0.15, 0.2) is 77.3 Å². The van der Waals surface area contributed by atoms with Crippen molar-refractivity contribution in [3.63, 3.8) is 0 Å². The van der Waals surface area contributed by atoms with Gasteiger partial charge in [-0.15, -0.1) is 0 Å². The topological polar surface area (TPSA) is 97.9 Å². The molecule has 0 saturated carbocycles. The van der Waals surface area contributed by atoms with Crippen LogP contribution < -0.4 is 21.5 Å². The van der Waals surface area contributed by atoms with Crippen LogP contribution in [0.4, 0.5) is 19.3 Å². The fourth-order valence-electron chi connectivity index (χ4n) is 2.97. The normalized spacial score (nSPS) is 15.3. The maximum Gasteiger partial charge on any atom is 0.320 e. The van der Waals surface area contributed by atoms with Gasteiger partial charge in [0.2, 0.25) is 0 Å². The van der Waals surface area contributed by atoms with Gasteiger partial charge in [0.15, 0.2) is 0 Å². The molecule has 3 amide bonds. The predicted octanol–water partition coefficient (Wildman–Crippen LogP) is 4.02. The molecule has 0 saturated heterocycles. The van der Waals surface area contributed by atoms with Crippen LogP contribution in [0, 0.1) is 5.82 Å². The van der Waals surface area contributed by atoms with Crippen molar-refractivity contribution in [2.24, 2.45) is 5.10 Å². The molecule has 0 aromatic heterocycles. The average molecular weight is 489 g/mol. The first-order valence-electron chi connectivity index (χ1n) is 10.2. The number of amides is 3. The van der Waals surface area contributed by atoms with Crippen LogP contribution in [-0.2, 0) is 4.79 Å². The van der Waals surface area contributed by atoms with Crippen LogP contribution in [0.5, 0.6) is 0 Å². The van der Waals surface area contributed by atoms with E-state index in [0.29, 0.717) is 16.4 Å². The van der Waals surface area contributed by atoms with E-state index in [4.69, 9.17) is 11.6 Å². The van der Waals surface area contributed by atoms with Gasteiger partial charge in [-0.05, 0) is 36.4 Å². The maximum absolute atomic E-state index is 14.6. The number of hydrogen-bond donors (Lipinski definition) is 4. The molecule has 8 nitrogen and oxygen atoms in total. The number of rotatable bonds is 7. The second-order valence-electron chi connectivity index (χ2n) is 7.46. The Morgan fingerprint density at radius 1 is 1.06 bits per heavy atom. The summed E-state index contributed by atoms with van der Waals surface area (Å²) >= 11 is 5.84. The number of anilines is 1. The van der Waals surface area contributed by atoms with Gasteiger partial charge in [-0.1, -0.05) is 35.9 Å². The van der Waals surface area contributed by atoms with E-state index in [1.165, 1.54) is 30.4 Å². The zero-order valence-electron chi connectivity index (χ0n) is 18.4. The fraction of sp³-hybridized carbons (Fsp3) is 0.174. The summed E-state index contributed by atoms with van der Waals surface area (Å²) in [6, 6.07) is 9.60. The van der Waals surface area contributed by atoms with Gasteiger partial charge in [-0.25, -0.2) is 24.1 Å². The molecule has 1 aliphatic rings. The van der Waals surface area contributed by atoms with Crippen molar-refractivity contribution in [1.82, 2.24) is 21.2 Å². The molecule has 1 unspecified atom stereocenters. The molecule has 34 heavy (non-hydrogen) atoms. The number of benzene rings is 2. The van der Waals surface area contributed by atoms with Gasteiger partial charge < -0.3 is 16.0 Å². The van der Waals surface area contributed by atoms with Crippen LogP contribution in [-0.4, -0.2) is 36.8 Å². The Morgan fingerprint density at radius 2 is 1.76 bits per heavy atom. The number of hydrogen-bond acceptors (Lipinski definition) is 5. The molecule has 0 radical (unpaired) electrons. The van der Waals surface area contributed by atoms with E-state index in [2.05, 4.69) is 26.6 Å². The van der Waals surface area contributed by atoms with Crippen LogP contribution in [0.3, 0.4) is 0 Å². The number of carbonyl (C=O) groups excluding carboxylic acids is 2. The van der Waals surface area contributed by atoms with Crippen molar-refractivity contribution in [1.29, 1.82) is 0 Å². The molecule has 2 aromatic carbocycles. The molecule has 1 atom stereocenters. The Kier molecular flexibility index (Phi) is 8.34. The highest BCUT2D eigenvalue weighted by molar-refractivity contribution is 6.30. The number of nitrogens with one attached hydrogen (secondary N) is 4. The van der Waals surface area contributed by atoms with Crippen LogP contribution >= 0.6 is 11.6 Å². The minimum atomic E-state index is -1.44. The lowest BCUT2D eigenvalue weighted by atomic mass is 10.0. The van der Waals surface area contributed by atoms with Crippen molar-refractivity contribution < 1.29 is 18.4 Å². The molecule has 178 valence electrons. The zero-order chi connectivity index (χ0) is 24.7. The molecule has 1 aliphatic carbocycles. The van der Waals surface area contributed by atoms with E-state index in [9.17, 15) is 18.4 Å². The summed E-state index contributed by atoms with van der Waals surface area (Å²) in [4.78, 5) is 25.6. The third-order valence-corrected chi connectivity index (χ3v) is 4.83. The third kappa shape index (κ3) is 6.87. The van der Waals surface area contributed by atoms with Crippen molar-refractivity contribution in [2.75, 3.05) is 19.4 Å². The molecular weight excluding hydrogens is 466 g/mol. The fourth-order valence-corrected chi connectivity index (χ4v) is 3.10. The first-order valence-corrected chi connectivity index (χ1v) is 10.6. The SMILES string of the molecule is CN(C)NN=C1C=C(F)C(NC(=O)C(NC(=O)Nc2ccc(Cl)cc2)c2ccccc2F)=CC1. The average Bonchev–Trinajstić information content (AvgIpc) is 2.79. The summed E-state index contributed by atoms with van der Waals surface area (Å²) < 4.78 is 29.1. The third-order valence-electron chi connectivity index (χ3n) is 4.57. The van der Waals surface area contributed by atoms with E-state index in [0.717, 1.165) is 6.07 Å². The van der Waals surface area contributed by atoms with E-state index < -0.39 is 29.6 Å². The Hall–Kier alpha value is -3.76. The molecule has 4 N–H and O–H groups in total. The lowest BCUT2D eigenvalue weighted by molar-refractivity contribution is -0.122. The standard InChI is InChI=1S/C23H23ClF2N6O2/c1-32(2)31-30-16-11-12-20(19(26)13-16)28-22(33)21(17-5-3-4-6-18(17)25)29-23(34)27-15-9-7-14(24)8-10-15/h3-10,12-13,21,31H,11H2,1-2H3,(H,28,33)(H2,27,29,34). The monoisotopic (exact) mass is 488 g/mol. The number of carbonyl (C=O) groups is 2. The molecule has 0 fully saturated rings. The van der Waals surface area contributed by atoms with Crippen LogP contribution in [0.25, 0.3) is 0 Å². The highest BCUT2D eigenvalue weighted by atomic mass is 35.5. The number of hydrazone groups is 1. The molecule has 0 bridgehead atoms. The Morgan fingerprint density at radius 3 is 2.41 bits per heavy atom. The Bertz CT molecular complexity index is 1150. The zero-order valence-corrected chi connectivity index (χ0v) is 19.2. The molecule has 2 aromatic rings. The number of hydrazine groups is 1. The van der Waals surface area contributed by atoms with Crippen LogP contribution in [0.2, 0.25) is 5.02 Å². The first-order chi connectivity index (χ1) is 16.2. The van der Waals surface area contributed by atoms with Gasteiger partial charge >= 0.3 is 6.03 Å². The lowest BCUT2D eigenvalue weighted by Gasteiger charge is -2.21. The molecule has 3 rings (SSSR count). The second kappa shape index (κ2) is 11.4. The summed E-state index contributed by atoms with van der Waals surface area (Å²) in [7, 11) is 3.46. The molecule has 0 spiro atoms. The Balaban J connectivity index is 1.76. The number of halogens is 3. The van der Waals surface area contributed by atoms with Gasteiger partial charge in [0.25, 0.3) is 5.91 Å². The summed E-state index contributed by atoms with van der Waals surface area (Å²) in [5.41, 5.74) is 3.32. The molecule has 0 heterocycles. The largest absolute Gasteiger partial charge is 0.322 e. The molecule has 11 heteroatoms. The summed E-state index contributed by atoms with van der Waals surface area (Å²) in [5, 5.41) is 13.5. The minimum absolute atomic E-state index is 0.0792. The smallest absolute Gasteiger partial charge is 0.320 e. The number of nitrogens with zero attached hydrogens (tertiary/aromatic N) is 2. The summed E-state index contributed by atoms with van der Waals surface area (Å²) in [5.74, 6) is -2.25. The van der Waals surface area contributed by atoms with Crippen molar-refractivity contribution in [3.05, 3.63) is 88.6 Å². The van der Waals surface area contributed by atoms with Gasteiger partial charge in [-0.2, -0.15) is 5.10 Å². The van der Waals surface area contributed by atoms with Gasteiger partial charge in [-0.3, -0.25) is 4.79 Å². The van der Waals surface area contributed by atoms with E-state index in [-0.39, 0.29) is 17.7 Å². The molecular formula is C23H23ClF2N6O2. The van der Waals surface area contributed by atoms with Gasteiger partial charge in [0.1, 0.15) is 17.7 Å². The van der Waals surface area contributed by atoms with Gasteiger partial charge in [0, 0.05) is 36.8 Å². The number of urea groups is 1. The lowest BCUT2D eigenvalue weighted by Crippen LogP contribution is -2.42. The summed E-state index contributed by atoms with van der Waals surface area (Å²) in [6.45, 7) is 0. The van der Waals surface area contributed by atoms with E-state index in [1.807, 2.05) is 0 Å².